The van der Waals surface area contributed by atoms with E-state index in [-0.39, 0.29) is 18.4 Å². The first kappa shape index (κ1) is 17.9. The molecule has 1 N–H and O–H groups in total. The van der Waals surface area contributed by atoms with Crippen molar-refractivity contribution in [3.05, 3.63) is 65.5 Å². The number of benzene rings is 2. The van der Waals surface area contributed by atoms with Crippen molar-refractivity contribution in [1.82, 2.24) is 4.90 Å². The van der Waals surface area contributed by atoms with Gasteiger partial charge in [0.15, 0.2) is 0 Å². The van der Waals surface area contributed by atoms with Crippen LogP contribution in [0.3, 0.4) is 0 Å². The lowest BCUT2D eigenvalue weighted by Crippen LogP contribution is -2.31. The molecule has 5 heteroatoms. The van der Waals surface area contributed by atoms with Crippen LogP contribution in [0.25, 0.3) is 0 Å². The summed E-state index contributed by atoms with van der Waals surface area (Å²) in [6.45, 7) is 1.89. The summed E-state index contributed by atoms with van der Waals surface area (Å²) in [7, 11) is 3.26. The summed E-state index contributed by atoms with van der Waals surface area (Å²) in [4.78, 5) is 14.0. The molecule has 2 atom stereocenters. The highest BCUT2D eigenvalue weighted by atomic mass is 19.1. The van der Waals surface area contributed by atoms with Crippen LogP contribution in [0.1, 0.15) is 36.6 Å². The van der Waals surface area contributed by atoms with E-state index in [0.717, 1.165) is 5.56 Å². The van der Waals surface area contributed by atoms with Crippen molar-refractivity contribution in [3.8, 4) is 5.75 Å². The number of rotatable bonds is 6. The molecule has 0 aromatic heterocycles. The predicted molar refractivity (Wildman–Crippen MR) is 90.2 cm³/mol. The molecule has 0 aliphatic carbocycles. The molecule has 2 rings (SSSR count). The third-order valence-corrected chi connectivity index (χ3v) is 4.16. The number of hydrogen-bond donors (Lipinski definition) is 1. The molecular weight excluding hydrogens is 309 g/mol. The van der Waals surface area contributed by atoms with Crippen LogP contribution in [0.2, 0.25) is 0 Å². The third-order valence-electron chi connectivity index (χ3n) is 4.16. The molecule has 2 aromatic carbocycles. The third kappa shape index (κ3) is 4.11. The maximum atomic E-state index is 13.2. The normalized spacial score (nSPS) is 13.2. The zero-order valence-corrected chi connectivity index (χ0v) is 14.1. The number of halogens is 1. The van der Waals surface area contributed by atoms with Gasteiger partial charge in [0.1, 0.15) is 11.6 Å². The zero-order valence-electron chi connectivity index (χ0n) is 14.1. The highest BCUT2D eigenvalue weighted by Gasteiger charge is 2.23. The number of hydrogen-bond acceptors (Lipinski definition) is 3. The Morgan fingerprint density at radius 3 is 2.62 bits per heavy atom. The average Bonchev–Trinajstić information content (AvgIpc) is 2.60. The molecule has 2 unspecified atom stereocenters. The smallest absolute Gasteiger partial charge is 0.225 e. The fraction of sp³-hybridized carbons (Fsp3) is 0.316. The van der Waals surface area contributed by atoms with Crippen LogP contribution in [0, 0.1) is 5.82 Å². The second-order valence-electron chi connectivity index (χ2n) is 5.70. The molecule has 2 aromatic rings. The van der Waals surface area contributed by atoms with Crippen LogP contribution >= 0.6 is 0 Å². The topological polar surface area (TPSA) is 49.8 Å². The quantitative estimate of drug-likeness (QED) is 0.882. The summed E-state index contributed by atoms with van der Waals surface area (Å²) >= 11 is 0. The molecule has 24 heavy (non-hydrogen) atoms. The Balaban J connectivity index is 2.08. The number of carbonyl (C=O) groups is 1. The lowest BCUT2D eigenvalue weighted by Gasteiger charge is -2.27. The molecule has 0 spiro atoms. The van der Waals surface area contributed by atoms with Crippen molar-refractivity contribution in [3.63, 3.8) is 0 Å². The Kier molecular flexibility index (Phi) is 5.93. The van der Waals surface area contributed by atoms with Crippen LogP contribution in [0.4, 0.5) is 4.39 Å². The molecule has 4 nitrogen and oxygen atoms in total. The second-order valence-corrected chi connectivity index (χ2v) is 5.70. The van der Waals surface area contributed by atoms with Crippen LogP contribution < -0.4 is 4.74 Å². The minimum Gasteiger partial charge on any atom is -0.496 e. The molecule has 0 fully saturated rings. The Labute approximate surface area is 141 Å². The zero-order chi connectivity index (χ0) is 17.7. The molecule has 0 saturated carbocycles. The summed E-state index contributed by atoms with van der Waals surface area (Å²) in [5.41, 5.74) is 1.28. The van der Waals surface area contributed by atoms with Gasteiger partial charge in [0.2, 0.25) is 5.91 Å². The van der Waals surface area contributed by atoms with E-state index in [9.17, 15) is 14.3 Å². The van der Waals surface area contributed by atoms with Gasteiger partial charge in [0.05, 0.1) is 25.7 Å². The minimum absolute atomic E-state index is 0.112. The first-order valence-electron chi connectivity index (χ1n) is 7.76. The molecule has 1 amide bonds. The van der Waals surface area contributed by atoms with Crippen LogP contribution in [-0.2, 0) is 4.79 Å². The summed E-state index contributed by atoms with van der Waals surface area (Å²) in [6.07, 6.45) is -1.15. The summed E-state index contributed by atoms with van der Waals surface area (Å²) in [6, 6.07) is 12.9. The number of para-hydroxylation sites is 1. The van der Waals surface area contributed by atoms with Crippen molar-refractivity contribution in [2.45, 2.75) is 25.5 Å². The van der Waals surface area contributed by atoms with E-state index in [0.29, 0.717) is 11.3 Å². The van der Waals surface area contributed by atoms with Crippen molar-refractivity contribution in [1.29, 1.82) is 0 Å². The predicted octanol–water partition coefficient (Wildman–Crippen LogP) is 3.48. The van der Waals surface area contributed by atoms with Crippen molar-refractivity contribution >= 4 is 5.91 Å². The highest BCUT2D eigenvalue weighted by molar-refractivity contribution is 5.77. The molecule has 0 aliphatic heterocycles. The van der Waals surface area contributed by atoms with Gasteiger partial charge in [0, 0.05) is 12.6 Å². The van der Waals surface area contributed by atoms with Gasteiger partial charge >= 0.3 is 0 Å². The van der Waals surface area contributed by atoms with Gasteiger partial charge in [-0.3, -0.25) is 4.79 Å². The van der Waals surface area contributed by atoms with Crippen molar-refractivity contribution in [2.75, 3.05) is 14.2 Å². The lowest BCUT2D eigenvalue weighted by molar-refractivity contribution is -0.134. The van der Waals surface area contributed by atoms with Gasteiger partial charge in [-0.15, -0.1) is 0 Å². The van der Waals surface area contributed by atoms with E-state index in [1.807, 2.05) is 31.2 Å². The maximum Gasteiger partial charge on any atom is 0.225 e. The number of aliphatic hydroxyl groups excluding tert-OH is 1. The number of ether oxygens (including phenoxy) is 1. The van der Waals surface area contributed by atoms with Crippen LogP contribution in [-0.4, -0.2) is 30.1 Å². The Bertz CT molecular complexity index is 705. The average molecular weight is 331 g/mol. The lowest BCUT2D eigenvalue weighted by atomic mass is 10.0. The van der Waals surface area contributed by atoms with E-state index in [4.69, 9.17) is 4.74 Å². The second kappa shape index (κ2) is 7.93. The van der Waals surface area contributed by atoms with Crippen molar-refractivity contribution in [2.24, 2.45) is 0 Å². The Hall–Kier alpha value is -2.40. The Morgan fingerprint density at radius 1 is 1.25 bits per heavy atom. The molecule has 0 bridgehead atoms. The first-order chi connectivity index (χ1) is 11.4. The number of carbonyl (C=O) groups excluding carboxylic acids is 1. The van der Waals surface area contributed by atoms with Crippen LogP contribution in [0.5, 0.6) is 5.75 Å². The molecule has 0 radical (unpaired) electrons. The molecule has 0 heterocycles. The first-order valence-corrected chi connectivity index (χ1v) is 7.76. The van der Waals surface area contributed by atoms with E-state index < -0.39 is 11.9 Å². The number of aliphatic hydroxyl groups is 1. The van der Waals surface area contributed by atoms with Crippen LogP contribution in [0.15, 0.2) is 48.5 Å². The molecular formula is C19H22FNO3. The number of amides is 1. The SMILES string of the molecule is COc1ccccc1C(C)N(C)C(=O)CC(O)c1cccc(F)c1. The maximum absolute atomic E-state index is 13.2. The van der Waals surface area contributed by atoms with Gasteiger partial charge in [-0.1, -0.05) is 30.3 Å². The number of methoxy groups -OCH3 is 1. The molecule has 128 valence electrons. The van der Waals surface area contributed by atoms with E-state index in [1.165, 1.54) is 18.2 Å². The molecule has 0 aliphatic rings. The Morgan fingerprint density at radius 2 is 1.96 bits per heavy atom. The highest BCUT2D eigenvalue weighted by Crippen LogP contribution is 2.29. The van der Waals surface area contributed by atoms with Crippen molar-refractivity contribution < 1.29 is 19.0 Å². The minimum atomic E-state index is -1.04. The van der Waals surface area contributed by atoms with E-state index >= 15 is 0 Å². The standard InChI is InChI=1S/C19H22FNO3/c1-13(16-9-4-5-10-18(16)24-3)21(2)19(23)12-17(22)14-7-6-8-15(20)11-14/h4-11,13,17,22H,12H2,1-3H3. The number of nitrogens with zero attached hydrogens (tertiary/aromatic N) is 1. The summed E-state index contributed by atoms with van der Waals surface area (Å²) in [5, 5.41) is 10.2. The largest absolute Gasteiger partial charge is 0.496 e. The fourth-order valence-electron chi connectivity index (χ4n) is 2.58. The van der Waals surface area contributed by atoms with Gasteiger partial charge < -0.3 is 14.7 Å². The summed E-state index contributed by atoms with van der Waals surface area (Å²) < 4.78 is 18.6. The van der Waals surface area contributed by atoms with Gasteiger partial charge in [-0.05, 0) is 30.7 Å². The summed E-state index contributed by atoms with van der Waals surface area (Å²) in [5.74, 6) is 0.0373. The van der Waals surface area contributed by atoms with Gasteiger partial charge in [-0.25, -0.2) is 4.39 Å². The monoisotopic (exact) mass is 331 g/mol. The van der Waals surface area contributed by atoms with Gasteiger partial charge in [-0.2, -0.15) is 0 Å². The molecule has 0 saturated heterocycles. The van der Waals surface area contributed by atoms with E-state index in [2.05, 4.69) is 0 Å². The van der Waals surface area contributed by atoms with E-state index in [1.54, 1.807) is 25.1 Å². The van der Waals surface area contributed by atoms with Gasteiger partial charge in [0.25, 0.3) is 0 Å². The fourth-order valence-corrected chi connectivity index (χ4v) is 2.58.